The van der Waals surface area contributed by atoms with E-state index in [1.807, 2.05) is 0 Å². The van der Waals surface area contributed by atoms with Crippen molar-refractivity contribution in [3.05, 3.63) is 0 Å². The molecule has 1 N–H and O–H groups in total. The fraction of sp³-hybridized carbons (Fsp3) is 1.00. The van der Waals surface area contributed by atoms with Crippen molar-refractivity contribution >= 4 is 0 Å². The molecule has 0 radical (unpaired) electrons. The molecule has 2 aliphatic rings. The second kappa shape index (κ2) is 6.91. The van der Waals surface area contributed by atoms with Gasteiger partial charge in [-0.15, -0.1) is 0 Å². The van der Waals surface area contributed by atoms with E-state index in [9.17, 15) is 0 Å². The summed E-state index contributed by atoms with van der Waals surface area (Å²) in [5.74, 6) is 0. The fourth-order valence-electron chi connectivity index (χ4n) is 4.15. The normalized spacial score (nSPS) is 34.7. The molecule has 0 bridgehead atoms. The Balaban J connectivity index is 1.98. The number of rotatable bonds is 5. The van der Waals surface area contributed by atoms with Crippen molar-refractivity contribution in [1.29, 1.82) is 0 Å². The Bertz CT molecular complexity index is 228. The average Bonchev–Trinajstić information content (AvgIpc) is 2.40. The number of nitrogens with zero attached hydrogens (tertiary/aromatic N) is 1. The number of hydrogen-bond donors (Lipinski definition) is 1. The number of hydrogen-bond acceptors (Lipinski definition) is 2. The van der Waals surface area contributed by atoms with Crippen LogP contribution in [0.3, 0.4) is 0 Å². The van der Waals surface area contributed by atoms with Gasteiger partial charge in [-0.05, 0) is 57.0 Å². The van der Waals surface area contributed by atoms with Crippen molar-refractivity contribution in [2.24, 2.45) is 5.41 Å². The van der Waals surface area contributed by atoms with Gasteiger partial charge in [0.2, 0.25) is 0 Å². The zero-order valence-corrected chi connectivity index (χ0v) is 12.5. The first-order chi connectivity index (χ1) is 8.79. The molecule has 2 fully saturated rings. The van der Waals surface area contributed by atoms with E-state index in [1.165, 1.54) is 77.5 Å². The van der Waals surface area contributed by atoms with E-state index in [0.29, 0.717) is 5.41 Å². The first kappa shape index (κ1) is 14.3. The summed E-state index contributed by atoms with van der Waals surface area (Å²) in [5.41, 5.74) is 0.581. The molecule has 0 amide bonds. The minimum absolute atomic E-state index is 0.581. The maximum atomic E-state index is 3.66. The van der Waals surface area contributed by atoms with E-state index < -0.39 is 0 Å². The largest absolute Gasteiger partial charge is 0.316 e. The van der Waals surface area contributed by atoms with E-state index in [1.54, 1.807) is 0 Å². The molecule has 0 aromatic rings. The van der Waals surface area contributed by atoms with Crippen LogP contribution in [0.25, 0.3) is 0 Å². The van der Waals surface area contributed by atoms with Crippen molar-refractivity contribution in [1.82, 2.24) is 10.2 Å². The van der Waals surface area contributed by atoms with Crippen LogP contribution < -0.4 is 5.32 Å². The second-order valence-corrected chi connectivity index (χ2v) is 6.56. The van der Waals surface area contributed by atoms with E-state index in [-0.39, 0.29) is 0 Å². The predicted octanol–water partition coefficient (Wildman–Crippen LogP) is 3.42. The molecule has 0 aromatic heterocycles. The van der Waals surface area contributed by atoms with Crippen molar-refractivity contribution in [3.63, 3.8) is 0 Å². The van der Waals surface area contributed by atoms with Crippen molar-refractivity contribution in [3.8, 4) is 0 Å². The van der Waals surface area contributed by atoms with E-state index in [2.05, 4.69) is 24.1 Å². The van der Waals surface area contributed by atoms with Crippen molar-refractivity contribution < 1.29 is 0 Å². The fourth-order valence-corrected chi connectivity index (χ4v) is 4.15. The van der Waals surface area contributed by atoms with Gasteiger partial charge in [-0.3, -0.25) is 4.90 Å². The summed E-state index contributed by atoms with van der Waals surface area (Å²) in [5, 5.41) is 3.66. The molecule has 18 heavy (non-hydrogen) atoms. The highest BCUT2D eigenvalue weighted by molar-refractivity contribution is 4.90. The summed E-state index contributed by atoms with van der Waals surface area (Å²) in [7, 11) is 0. The Labute approximate surface area is 114 Å². The highest BCUT2D eigenvalue weighted by Crippen LogP contribution is 2.34. The molecule has 0 spiro atoms. The molecule has 2 heterocycles. The summed E-state index contributed by atoms with van der Waals surface area (Å²) in [6, 6.07) is 0.870. The van der Waals surface area contributed by atoms with Crippen molar-refractivity contribution in [2.45, 2.75) is 71.3 Å². The SMILES string of the molecule is CCCC1(CN2CCCCC2CC)CCCNC1. The molecule has 0 saturated carbocycles. The van der Waals surface area contributed by atoms with Crippen LogP contribution in [0, 0.1) is 5.41 Å². The predicted molar refractivity (Wildman–Crippen MR) is 78.9 cm³/mol. The Morgan fingerprint density at radius 2 is 2.11 bits per heavy atom. The minimum Gasteiger partial charge on any atom is -0.316 e. The Morgan fingerprint density at radius 1 is 1.22 bits per heavy atom. The van der Waals surface area contributed by atoms with Crippen LogP contribution >= 0.6 is 0 Å². The Morgan fingerprint density at radius 3 is 2.78 bits per heavy atom. The zero-order chi connectivity index (χ0) is 12.8. The van der Waals surface area contributed by atoms with Gasteiger partial charge in [0.15, 0.2) is 0 Å². The van der Waals surface area contributed by atoms with Gasteiger partial charge < -0.3 is 5.32 Å². The summed E-state index contributed by atoms with van der Waals surface area (Å²) in [6.07, 6.45) is 11.2. The van der Waals surface area contributed by atoms with Crippen LogP contribution in [-0.4, -0.2) is 37.1 Å². The van der Waals surface area contributed by atoms with Gasteiger partial charge >= 0.3 is 0 Å². The van der Waals surface area contributed by atoms with E-state index in [4.69, 9.17) is 0 Å². The lowest BCUT2D eigenvalue weighted by Crippen LogP contribution is -2.51. The maximum Gasteiger partial charge on any atom is 0.00928 e. The molecule has 106 valence electrons. The van der Waals surface area contributed by atoms with Crippen LogP contribution in [0.15, 0.2) is 0 Å². The quantitative estimate of drug-likeness (QED) is 0.806. The van der Waals surface area contributed by atoms with E-state index >= 15 is 0 Å². The molecule has 2 unspecified atom stereocenters. The molecule has 2 nitrogen and oxygen atoms in total. The van der Waals surface area contributed by atoms with Crippen LogP contribution in [-0.2, 0) is 0 Å². The summed E-state index contributed by atoms with van der Waals surface area (Å²) < 4.78 is 0. The molecule has 0 aliphatic carbocycles. The van der Waals surface area contributed by atoms with E-state index in [0.717, 1.165) is 6.04 Å². The molecule has 2 rings (SSSR count). The van der Waals surface area contributed by atoms with Crippen LogP contribution in [0.2, 0.25) is 0 Å². The lowest BCUT2D eigenvalue weighted by molar-refractivity contribution is 0.0555. The lowest BCUT2D eigenvalue weighted by atomic mass is 9.76. The third-order valence-electron chi connectivity index (χ3n) is 5.10. The minimum atomic E-state index is 0.581. The van der Waals surface area contributed by atoms with Gasteiger partial charge in [-0.25, -0.2) is 0 Å². The zero-order valence-electron chi connectivity index (χ0n) is 12.5. The smallest absolute Gasteiger partial charge is 0.00928 e. The molecular formula is C16H32N2. The summed E-state index contributed by atoms with van der Waals surface area (Å²) in [6.45, 7) is 9.92. The molecule has 2 saturated heterocycles. The first-order valence-corrected chi connectivity index (χ1v) is 8.24. The van der Waals surface area contributed by atoms with Gasteiger partial charge in [-0.1, -0.05) is 26.7 Å². The van der Waals surface area contributed by atoms with Crippen LogP contribution in [0.4, 0.5) is 0 Å². The summed E-state index contributed by atoms with van der Waals surface area (Å²) in [4.78, 5) is 2.83. The van der Waals surface area contributed by atoms with Crippen LogP contribution in [0.1, 0.15) is 65.2 Å². The van der Waals surface area contributed by atoms with Gasteiger partial charge in [0.25, 0.3) is 0 Å². The molecule has 2 aliphatic heterocycles. The Kier molecular flexibility index (Phi) is 5.50. The third kappa shape index (κ3) is 3.48. The highest BCUT2D eigenvalue weighted by atomic mass is 15.2. The first-order valence-electron chi connectivity index (χ1n) is 8.24. The lowest BCUT2D eigenvalue weighted by Gasteiger charge is -2.45. The van der Waals surface area contributed by atoms with Crippen molar-refractivity contribution in [2.75, 3.05) is 26.2 Å². The third-order valence-corrected chi connectivity index (χ3v) is 5.10. The topological polar surface area (TPSA) is 15.3 Å². The van der Waals surface area contributed by atoms with Gasteiger partial charge in [-0.2, -0.15) is 0 Å². The van der Waals surface area contributed by atoms with Crippen LogP contribution in [0.5, 0.6) is 0 Å². The molecule has 0 aromatic carbocycles. The molecule has 2 atom stereocenters. The monoisotopic (exact) mass is 252 g/mol. The van der Waals surface area contributed by atoms with Gasteiger partial charge in [0.1, 0.15) is 0 Å². The Hall–Kier alpha value is -0.0800. The molecule has 2 heteroatoms. The second-order valence-electron chi connectivity index (χ2n) is 6.56. The standard InChI is InChI=1S/C16H32N2/c1-3-9-16(10-7-11-17-13-16)14-18-12-6-5-8-15(18)4-2/h15,17H,3-14H2,1-2H3. The summed E-state index contributed by atoms with van der Waals surface area (Å²) >= 11 is 0. The number of likely N-dealkylation sites (tertiary alicyclic amines) is 1. The molecular weight excluding hydrogens is 220 g/mol. The maximum absolute atomic E-state index is 3.66. The van der Waals surface area contributed by atoms with Gasteiger partial charge in [0.05, 0.1) is 0 Å². The van der Waals surface area contributed by atoms with Gasteiger partial charge in [0, 0.05) is 19.1 Å². The number of nitrogens with one attached hydrogen (secondary N) is 1. The number of piperidine rings is 2. The average molecular weight is 252 g/mol. The highest BCUT2D eigenvalue weighted by Gasteiger charge is 2.35.